The molecule has 0 bridgehead atoms. The quantitative estimate of drug-likeness (QED) is 0.0185. The molecule has 9 rings (SSSR count). The van der Waals surface area contributed by atoms with Crippen LogP contribution < -0.4 is 9.47 Å². The first-order chi connectivity index (χ1) is 39.7. The Morgan fingerprint density at radius 1 is 0.778 bits per heavy atom. The molecule has 0 aromatic heterocycles. The van der Waals surface area contributed by atoms with E-state index in [1.807, 2.05) is 54.6 Å². The maximum absolute atomic E-state index is 15.5. The molecule has 13 nitrogen and oxygen atoms in total. The molecule has 2 N–H and O–H groups in total. The second-order valence-electron chi connectivity index (χ2n) is 22.1. The van der Waals surface area contributed by atoms with Crippen LogP contribution >= 0.6 is 0 Å². The van der Waals surface area contributed by atoms with Crippen molar-refractivity contribution in [2.24, 2.45) is 22.9 Å². The minimum Gasteiger partial charge on any atom is -0.459 e. The standard InChI is InChI=1S/C68H81N3O10/c1-3-5-6-7-8-9-10-11-12-21-42-77-67(74)70(47-54-28-22-27-51-24-15-16-29-58(51)54)64-46-62(69-79-48-49-31-34-55(35-32-49)71(75)76)60-44-53(26-17-19-39-72)59(30-18-20-40-73)65-61-45-57(80-56-36-33-50-23-13-14-25-52(50)43-56)37-38-63(61)81-68(64,66(60)65)78-41-4-2/h4,13-16,22-25,27-29,31-38,43-45,53,59,64-66,72-73H,2-3,5-12,17-21,26,30,39-42,46-48H2,1H3/t53-,59+,64-,65+,66+,68+/m0/s1. The van der Waals surface area contributed by atoms with Crippen LogP contribution in [0.25, 0.3) is 21.5 Å². The van der Waals surface area contributed by atoms with Crippen molar-refractivity contribution in [1.82, 2.24) is 4.90 Å². The summed E-state index contributed by atoms with van der Waals surface area (Å²) >= 11 is 0. The highest BCUT2D eigenvalue weighted by Gasteiger charge is 2.66. The molecule has 1 saturated carbocycles. The summed E-state index contributed by atoms with van der Waals surface area (Å²) < 4.78 is 28.1. The zero-order chi connectivity index (χ0) is 56.4. The van der Waals surface area contributed by atoms with Gasteiger partial charge in [-0.15, -0.1) is 6.58 Å². The Morgan fingerprint density at radius 3 is 2.20 bits per heavy atom. The van der Waals surface area contributed by atoms with Crippen LogP contribution in [0.5, 0.6) is 17.2 Å². The van der Waals surface area contributed by atoms with Crippen LogP contribution in [0, 0.1) is 27.9 Å². The number of fused-ring (bicyclic) bond motifs is 4. The molecule has 0 radical (unpaired) electrons. The number of non-ortho nitro benzene ring substituents is 1. The summed E-state index contributed by atoms with van der Waals surface area (Å²) in [5.74, 6) is -0.522. The van der Waals surface area contributed by atoms with E-state index in [0.717, 1.165) is 89.6 Å². The van der Waals surface area contributed by atoms with Gasteiger partial charge in [-0.3, -0.25) is 15.0 Å². The fraction of sp³-hybridized carbons (Fsp3) is 0.441. The van der Waals surface area contributed by atoms with Gasteiger partial charge in [0, 0.05) is 43.2 Å². The molecule has 2 aliphatic carbocycles. The van der Waals surface area contributed by atoms with Crippen molar-refractivity contribution in [3.63, 3.8) is 0 Å². The lowest BCUT2D eigenvalue weighted by molar-refractivity contribution is -0.384. The number of carbonyl (C=O) groups is 1. The van der Waals surface area contributed by atoms with Gasteiger partial charge in [0.05, 0.1) is 36.3 Å². The van der Waals surface area contributed by atoms with Crippen LogP contribution in [-0.2, 0) is 27.5 Å². The first-order valence-corrected chi connectivity index (χ1v) is 29.8. The third kappa shape index (κ3) is 14.3. The zero-order valence-electron chi connectivity index (χ0n) is 47.1. The van der Waals surface area contributed by atoms with Gasteiger partial charge in [0.1, 0.15) is 29.9 Å². The first kappa shape index (κ1) is 58.6. The number of unbranched alkanes of at least 4 members (excludes halogenated alkanes) is 11. The third-order valence-corrected chi connectivity index (χ3v) is 16.7. The van der Waals surface area contributed by atoms with Crippen LogP contribution in [-0.4, -0.2) is 70.1 Å². The largest absolute Gasteiger partial charge is 0.459 e. The Hall–Kier alpha value is -7.06. The van der Waals surface area contributed by atoms with E-state index in [1.165, 1.54) is 50.7 Å². The Kier molecular flexibility index (Phi) is 21.0. The number of aliphatic hydroxyl groups is 2. The lowest BCUT2D eigenvalue weighted by atomic mass is 9.55. The molecule has 81 heavy (non-hydrogen) atoms. The number of amides is 1. The van der Waals surface area contributed by atoms with E-state index in [-0.39, 0.29) is 69.4 Å². The van der Waals surface area contributed by atoms with Crippen molar-refractivity contribution in [1.29, 1.82) is 0 Å². The van der Waals surface area contributed by atoms with Crippen molar-refractivity contribution in [2.45, 2.75) is 147 Å². The first-order valence-electron chi connectivity index (χ1n) is 29.8. The minimum absolute atomic E-state index is 0.00570. The molecule has 0 unspecified atom stereocenters. The van der Waals surface area contributed by atoms with Crippen molar-refractivity contribution in [3.8, 4) is 17.2 Å². The number of rotatable bonds is 31. The Balaban J connectivity index is 1.17. The zero-order valence-corrected chi connectivity index (χ0v) is 47.1. The molecule has 6 aromatic rings. The number of ether oxygens (including phenoxy) is 4. The van der Waals surface area contributed by atoms with Gasteiger partial charge < -0.3 is 34.0 Å². The number of hydrogen-bond acceptors (Lipinski definition) is 11. The van der Waals surface area contributed by atoms with Crippen LogP contribution in [0.2, 0.25) is 0 Å². The second-order valence-corrected chi connectivity index (χ2v) is 22.1. The van der Waals surface area contributed by atoms with E-state index in [9.17, 15) is 20.3 Å². The van der Waals surface area contributed by atoms with Gasteiger partial charge >= 0.3 is 6.09 Å². The maximum Gasteiger partial charge on any atom is 0.410 e. The number of nitrogens with zero attached hydrogens (tertiary/aromatic N) is 3. The molecule has 428 valence electrons. The van der Waals surface area contributed by atoms with Gasteiger partial charge in [-0.05, 0) is 125 Å². The fourth-order valence-corrected chi connectivity index (χ4v) is 12.7. The SMILES string of the molecule is C=CCO[C@@]12Oc3ccc(Oc4ccc5ccccc5c4)cc3[C@H]3[C@H](CCCCO)[C@@H](CCCCO)C=C(C(=NOCc4ccc([N+](=O)[O-])cc4)C[C@@H]1N(Cc1cccc4ccccc14)C(=O)OCCCCCCCCCCCC)[C@H]32. The number of carbonyl (C=O) groups excluding carboxylic acids is 1. The summed E-state index contributed by atoms with van der Waals surface area (Å²) in [5.41, 5.74) is 4.03. The minimum atomic E-state index is -1.54. The monoisotopic (exact) mass is 1100 g/mol. The van der Waals surface area contributed by atoms with E-state index >= 15 is 4.79 Å². The average Bonchev–Trinajstić information content (AvgIpc) is 1.81. The van der Waals surface area contributed by atoms with Gasteiger partial charge in [-0.2, -0.15) is 0 Å². The summed E-state index contributed by atoms with van der Waals surface area (Å²) in [6, 6.07) is 40.0. The van der Waals surface area contributed by atoms with Crippen molar-refractivity contribution < 1.29 is 43.7 Å². The number of hydrogen-bond donors (Lipinski definition) is 2. The molecule has 1 amide bonds. The van der Waals surface area contributed by atoms with Gasteiger partial charge in [-0.1, -0.05) is 168 Å². The van der Waals surface area contributed by atoms with Crippen LogP contribution in [0.4, 0.5) is 10.5 Å². The van der Waals surface area contributed by atoms with E-state index in [0.29, 0.717) is 41.4 Å². The fourth-order valence-electron chi connectivity index (χ4n) is 12.7. The molecule has 3 aliphatic rings. The van der Waals surface area contributed by atoms with Gasteiger partial charge in [-0.25, -0.2) is 4.79 Å². The van der Waals surface area contributed by atoms with Gasteiger partial charge in [0.25, 0.3) is 5.69 Å². The number of nitro groups is 1. The van der Waals surface area contributed by atoms with E-state index in [4.69, 9.17) is 28.9 Å². The lowest BCUT2D eigenvalue weighted by Gasteiger charge is -2.60. The van der Waals surface area contributed by atoms with Crippen molar-refractivity contribution in [3.05, 3.63) is 179 Å². The number of allylic oxidation sites excluding steroid dienone is 1. The van der Waals surface area contributed by atoms with Crippen molar-refractivity contribution >= 4 is 39.0 Å². The predicted molar refractivity (Wildman–Crippen MR) is 320 cm³/mol. The van der Waals surface area contributed by atoms with E-state index < -0.39 is 28.8 Å². The number of aliphatic hydroxyl groups excluding tert-OH is 2. The van der Waals surface area contributed by atoms with Gasteiger partial charge in [0.15, 0.2) is 0 Å². The molecule has 6 atom stereocenters. The number of nitro benzene ring substituents is 1. The summed E-state index contributed by atoms with van der Waals surface area (Å²) in [6.07, 6.45) is 19.5. The molecule has 0 saturated heterocycles. The van der Waals surface area contributed by atoms with E-state index in [1.54, 1.807) is 23.1 Å². The molecule has 6 aromatic carbocycles. The Bertz CT molecular complexity index is 3100. The molecule has 1 aliphatic heterocycles. The molecule has 1 heterocycles. The maximum atomic E-state index is 15.5. The smallest absolute Gasteiger partial charge is 0.410 e. The molecule has 0 spiro atoms. The number of benzene rings is 6. The van der Waals surface area contributed by atoms with Crippen molar-refractivity contribution in [2.75, 3.05) is 26.4 Å². The second kappa shape index (κ2) is 29.1. The third-order valence-electron chi connectivity index (χ3n) is 16.7. The highest BCUT2D eigenvalue weighted by molar-refractivity contribution is 6.03. The Labute approximate surface area is 477 Å². The average molecular weight is 1100 g/mol. The number of oxime groups is 1. The van der Waals surface area contributed by atoms with Crippen LogP contribution in [0.1, 0.15) is 139 Å². The summed E-state index contributed by atoms with van der Waals surface area (Å²) in [6.45, 7) is 7.05. The van der Waals surface area contributed by atoms with Crippen LogP contribution in [0.15, 0.2) is 157 Å². The molecular weight excluding hydrogens is 1020 g/mol. The molecular formula is C68H81N3O10. The highest BCUT2D eigenvalue weighted by Crippen LogP contribution is 2.62. The molecule has 13 heteroatoms. The normalized spacial score (nSPS) is 20.5. The topological polar surface area (TPSA) is 162 Å². The van der Waals surface area contributed by atoms with Gasteiger partial charge in [0.2, 0.25) is 5.79 Å². The van der Waals surface area contributed by atoms with E-state index in [2.05, 4.69) is 68.1 Å². The van der Waals surface area contributed by atoms with Crippen LogP contribution in [0.3, 0.4) is 0 Å². The summed E-state index contributed by atoms with van der Waals surface area (Å²) in [4.78, 5) is 34.8. The predicted octanol–water partition coefficient (Wildman–Crippen LogP) is 16.1. The summed E-state index contributed by atoms with van der Waals surface area (Å²) in [5, 5.41) is 41.2. The summed E-state index contributed by atoms with van der Waals surface area (Å²) in [7, 11) is 0. The Morgan fingerprint density at radius 2 is 1.46 bits per heavy atom. The highest BCUT2D eigenvalue weighted by atomic mass is 16.7. The molecule has 1 fully saturated rings. The lowest BCUT2D eigenvalue weighted by Crippen LogP contribution is -2.70.